The molecule has 5 rings (SSSR count). The highest BCUT2D eigenvalue weighted by atomic mass is 16.5. The predicted octanol–water partition coefficient (Wildman–Crippen LogP) is 0.357. The zero-order valence-electron chi connectivity index (χ0n) is 17.8. The van der Waals surface area contributed by atoms with E-state index in [1.54, 1.807) is 13.2 Å². The smallest absolute Gasteiger partial charge is 0.321 e. The SMILES string of the molecule is COc1cc(O)c2c3c1C[C@@H]1[C@@H]4CC[C@@H](N[C@@H](CC(N)=O)C(=O)O)[C@H](O2)[C@]34CCN1C. The Morgan fingerprint density at radius 3 is 2.90 bits per heavy atom. The first kappa shape index (κ1) is 20.4. The molecule has 9 nitrogen and oxygen atoms in total. The number of ether oxygens (including phenoxy) is 2. The van der Waals surface area contributed by atoms with Crippen LogP contribution < -0.4 is 20.5 Å². The van der Waals surface area contributed by atoms with E-state index in [1.165, 1.54) is 0 Å². The molecule has 31 heavy (non-hydrogen) atoms. The Hall–Kier alpha value is -2.52. The van der Waals surface area contributed by atoms with Crippen LogP contribution in [0.3, 0.4) is 0 Å². The molecule has 2 heterocycles. The minimum Gasteiger partial charge on any atom is -0.504 e. The summed E-state index contributed by atoms with van der Waals surface area (Å²) in [6.07, 6.45) is 2.72. The number of primary amides is 1. The lowest BCUT2D eigenvalue weighted by Gasteiger charge is -2.59. The summed E-state index contributed by atoms with van der Waals surface area (Å²) in [7, 11) is 3.76. The molecule has 168 valence electrons. The number of hydrogen-bond acceptors (Lipinski definition) is 7. The number of likely N-dealkylation sites (N-methyl/N-ethyl adjacent to an activating group) is 1. The third-order valence-corrected chi connectivity index (χ3v) is 8.02. The number of piperidine rings is 1. The van der Waals surface area contributed by atoms with Gasteiger partial charge in [-0.2, -0.15) is 0 Å². The summed E-state index contributed by atoms with van der Waals surface area (Å²) >= 11 is 0. The molecule has 4 aliphatic rings. The predicted molar refractivity (Wildman–Crippen MR) is 110 cm³/mol. The average Bonchev–Trinajstić information content (AvgIpc) is 3.07. The minimum absolute atomic E-state index is 0.0566. The summed E-state index contributed by atoms with van der Waals surface area (Å²) in [5.41, 5.74) is 7.08. The maximum absolute atomic E-state index is 11.8. The monoisotopic (exact) mass is 431 g/mol. The molecule has 2 aliphatic heterocycles. The van der Waals surface area contributed by atoms with Gasteiger partial charge in [0.05, 0.1) is 13.5 Å². The van der Waals surface area contributed by atoms with Crippen molar-refractivity contribution in [1.82, 2.24) is 10.2 Å². The molecule has 1 aromatic carbocycles. The fourth-order valence-electron chi connectivity index (χ4n) is 6.82. The number of phenols is 1. The quantitative estimate of drug-likeness (QED) is 0.507. The topological polar surface area (TPSA) is 134 Å². The molecule has 2 aliphatic carbocycles. The van der Waals surface area contributed by atoms with Gasteiger partial charge >= 0.3 is 5.97 Å². The number of carbonyl (C=O) groups excluding carboxylic acids is 1. The maximum atomic E-state index is 11.8. The first-order valence-electron chi connectivity index (χ1n) is 10.8. The average molecular weight is 431 g/mol. The first-order chi connectivity index (χ1) is 14.8. The third-order valence-electron chi connectivity index (χ3n) is 8.02. The van der Waals surface area contributed by atoms with Crippen LogP contribution in [0.4, 0.5) is 0 Å². The highest BCUT2D eigenvalue weighted by molar-refractivity contribution is 5.83. The fraction of sp³-hybridized carbons (Fsp3) is 0.636. The number of nitrogens with one attached hydrogen (secondary N) is 1. The van der Waals surface area contributed by atoms with E-state index in [4.69, 9.17) is 15.2 Å². The minimum atomic E-state index is -1.11. The van der Waals surface area contributed by atoms with Gasteiger partial charge in [0.2, 0.25) is 5.91 Å². The van der Waals surface area contributed by atoms with E-state index in [1.807, 2.05) is 0 Å². The summed E-state index contributed by atoms with van der Waals surface area (Å²) < 4.78 is 12.1. The van der Waals surface area contributed by atoms with Gasteiger partial charge in [-0.25, -0.2) is 0 Å². The van der Waals surface area contributed by atoms with Gasteiger partial charge in [0, 0.05) is 34.7 Å². The number of carbonyl (C=O) groups is 2. The summed E-state index contributed by atoms with van der Waals surface area (Å²) in [5, 5.41) is 23.5. The third kappa shape index (κ3) is 2.75. The van der Waals surface area contributed by atoms with E-state index in [9.17, 15) is 19.8 Å². The molecule has 1 saturated carbocycles. The van der Waals surface area contributed by atoms with Crippen LogP contribution in [0.1, 0.15) is 36.8 Å². The highest BCUT2D eigenvalue weighted by Crippen LogP contribution is 2.65. The maximum Gasteiger partial charge on any atom is 0.321 e. The van der Waals surface area contributed by atoms with Gasteiger partial charge in [-0.3, -0.25) is 14.9 Å². The van der Waals surface area contributed by atoms with Gasteiger partial charge in [-0.15, -0.1) is 0 Å². The summed E-state index contributed by atoms with van der Waals surface area (Å²) in [6, 6.07) is 0.604. The van der Waals surface area contributed by atoms with Crippen LogP contribution in [0.2, 0.25) is 0 Å². The van der Waals surface area contributed by atoms with Gasteiger partial charge in [0.15, 0.2) is 11.5 Å². The Morgan fingerprint density at radius 1 is 1.45 bits per heavy atom. The second kappa shape index (κ2) is 7.00. The van der Waals surface area contributed by atoms with Crippen LogP contribution in [-0.2, 0) is 21.4 Å². The lowest BCUT2D eigenvalue weighted by atomic mass is 9.51. The number of phenolic OH excluding ortho intramolecular Hbond substituents is 1. The summed E-state index contributed by atoms with van der Waals surface area (Å²) in [5.74, 6) is -0.196. The molecule has 6 atom stereocenters. The van der Waals surface area contributed by atoms with E-state index >= 15 is 0 Å². The molecule has 1 amide bonds. The largest absolute Gasteiger partial charge is 0.504 e. The number of hydrogen-bond donors (Lipinski definition) is 4. The number of carboxylic acid groups (broad SMARTS) is 1. The van der Waals surface area contributed by atoms with Gasteiger partial charge < -0.3 is 30.3 Å². The molecule has 1 aromatic rings. The van der Waals surface area contributed by atoms with Gasteiger partial charge in [-0.05, 0) is 45.2 Å². The number of benzene rings is 1. The molecule has 0 unspecified atom stereocenters. The van der Waals surface area contributed by atoms with E-state index in [0.717, 1.165) is 43.4 Å². The summed E-state index contributed by atoms with van der Waals surface area (Å²) in [6.45, 7) is 0.897. The van der Waals surface area contributed by atoms with Crippen molar-refractivity contribution in [3.8, 4) is 17.2 Å². The fourth-order valence-corrected chi connectivity index (χ4v) is 6.82. The van der Waals surface area contributed by atoms with Gasteiger partial charge in [0.25, 0.3) is 0 Å². The lowest BCUT2D eigenvalue weighted by molar-refractivity contribution is -0.142. The number of nitrogens with zero attached hydrogens (tertiary/aromatic N) is 1. The van der Waals surface area contributed by atoms with Crippen LogP contribution >= 0.6 is 0 Å². The molecular formula is C22H29N3O6. The van der Waals surface area contributed by atoms with Crippen molar-refractivity contribution >= 4 is 11.9 Å². The van der Waals surface area contributed by atoms with Crippen LogP contribution in [0.5, 0.6) is 17.2 Å². The number of methoxy groups -OCH3 is 1. The number of nitrogens with two attached hydrogens (primary N) is 1. The van der Waals surface area contributed by atoms with Crippen molar-refractivity contribution < 1.29 is 29.3 Å². The number of amides is 1. The molecule has 1 spiro atoms. The highest BCUT2D eigenvalue weighted by Gasteiger charge is 2.66. The molecule has 0 aromatic heterocycles. The zero-order chi connectivity index (χ0) is 22.1. The Balaban J connectivity index is 1.60. The number of carboxylic acids is 1. The molecule has 0 radical (unpaired) electrons. The van der Waals surface area contributed by atoms with Crippen molar-refractivity contribution in [2.45, 2.75) is 61.7 Å². The first-order valence-corrected chi connectivity index (χ1v) is 10.8. The second-order valence-corrected chi connectivity index (χ2v) is 9.38. The molecule has 1 saturated heterocycles. The van der Waals surface area contributed by atoms with Crippen molar-refractivity contribution in [3.63, 3.8) is 0 Å². The number of likely N-dealkylation sites (tertiary alicyclic amines) is 1. The number of aliphatic carboxylic acids is 1. The standard InChI is InChI=1S/C22H29N3O6/c1-25-6-5-22-11-3-4-12(24-13(21(28)29)8-17(23)27)20(22)31-19-15(26)9-16(30-2)10(18(19)22)7-14(11)25/h9,11-14,20,24,26H,3-8H2,1-2H3,(H2,23,27)(H,28,29)/t11-,12+,13-,14+,20-,22-/m0/s1. The van der Waals surface area contributed by atoms with Crippen LogP contribution in [0, 0.1) is 5.92 Å². The number of aromatic hydroxyl groups is 1. The Kier molecular flexibility index (Phi) is 4.60. The van der Waals surface area contributed by atoms with Crippen LogP contribution in [-0.4, -0.2) is 71.9 Å². The van der Waals surface area contributed by atoms with E-state index < -0.39 is 17.9 Å². The van der Waals surface area contributed by atoms with E-state index in [2.05, 4.69) is 17.3 Å². The Morgan fingerprint density at radius 2 is 2.23 bits per heavy atom. The molecule has 2 fully saturated rings. The molecular weight excluding hydrogens is 402 g/mol. The molecule has 5 N–H and O–H groups in total. The van der Waals surface area contributed by atoms with Crippen LogP contribution in [0.15, 0.2) is 6.07 Å². The van der Waals surface area contributed by atoms with Crippen molar-refractivity contribution in [3.05, 3.63) is 17.2 Å². The Bertz CT molecular complexity index is 952. The van der Waals surface area contributed by atoms with Crippen LogP contribution in [0.25, 0.3) is 0 Å². The number of rotatable bonds is 6. The Labute approximate surface area is 180 Å². The van der Waals surface area contributed by atoms with E-state index in [0.29, 0.717) is 23.5 Å². The summed E-state index contributed by atoms with van der Waals surface area (Å²) in [4.78, 5) is 25.6. The van der Waals surface area contributed by atoms with Gasteiger partial charge in [-0.1, -0.05) is 0 Å². The molecule has 2 bridgehead atoms. The zero-order valence-corrected chi connectivity index (χ0v) is 17.8. The second-order valence-electron chi connectivity index (χ2n) is 9.38. The normalized spacial score (nSPS) is 33.9. The molecule has 9 heteroatoms. The lowest BCUT2D eigenvalue weighted by Crippen LogP contribution is -2.69. The van der Waals surface area contributed by atoms with Crippen molar-refractivity contribution in [1.29, 1.82) is 0 Å². The van der Waals surface area contributed by atoms with E-state index in [-0.39, 0.29) is 29.7 Å². The van der Waals surface area contributed by atoms with Gasteiger partial charge in [0.1, 0.15) is 17.9 Å². The van der Waals surface area contributed by atoms with Crippen molar-refractivity contribution in [2.75, 3.05) is 20.7 Å². The van der Waals surface area contributed by atoms with Crippen molar-refractivity contribution in [2.24, 2.45) is 11.7 Å².